The summed E-state index contributed by atoms with van der Waals surface area (Å²) in [4.78, 5) is 19.5. The Bertz CT molecular complexity index is 176. The van der Waals surface area contributed by atoms with Crippen molar-refractivity contribution in [1.29, 1.82) is 0 Å². The van der Waals surface area contributed by atoms with Crippen LogP contribution < -0.4 is 11.5 Å². The van der Waals surface area contributed by atoms with Gasteiger partial charge >= 0.3 is 35.8 Å². The number of carbonyl (C=O) groups is 2. The monoisotopic (exact) mass is 360 g/mol. The van der Waals surface area contributed by atoms with E-state index in [0.717, 1.165) is 0 Å². The Morgan fingerprint density at radius 2 is 1.20 bits per heavy atom. The molecule has 2 unspecified atom stereocenters. The summed E-state index contributed by atoms with van der Waals surface area (Å²) in [6.07, 6.45) is 0. The van der Waals surface area contributed by atoms with Gasteiger partial charge in [-0.15, -0.1) is 0 Å². The molecule has 86 valence electrons. The summed E-state index contributed by atoms with van der Waals surface area (Å²) >= 11 is 8.69. The van der Waals surface area contributed by atoms with E-state index in [0.29, 0.717) is 0 Å². The Morgan fingerprint density at radius 3 is 1.20 bits per heavy atom. The van der Waals surface area contributed by atoms with Crippen molar-refractivity contribution in [1.82, 2.24) is 0 Å². The number of nitrogens with two attached hydrogens (primary N) is 2. The number of aliphatic carboxylic acids is 2. The second-order valence-corrected chi connectivity index (χ2v) is 2.89. The number of carboxylic acid groups (broad SMARTS) is 2. The van der Waals surface area contributed by atoms with E-state index >= 15 is 0 Å². The fraction of sp³-hybridized carbons (Fsp3) is 0.667. The molecule has 0 aromatic heterocycles. The van der Waals surface area contributed by atoms with Crippen LogP contribution in [-0.2, 0) is 34.8 Å². The second kappa shape index (κ2) is 12.4. The molecule has 0 spiro atoms. The maximum Gasteiger partial charge on any atom is 2.00 e. The van der Waals surface area contributed by atoms with Crippen molar-refractivity contribution in [2.24, 2.45) is 11.5 Å². The summed E-state index contributed by atoms with van der Waals surface area (Å²) in [6.45, 7) is 0. The molecule has 0 amide bonds. The van der Waals surface area contributed by atoms with Crippen LogP contribution in [0.15, 0.2) is 0 Å². The van der Waals surface area contributed by atoms with Crippen LogP contribution in [0.2, 0.25) is 0 Å². The Kier molecular flexibility index (Phi) is 17.2. The normalized spacial score (nSPS) is 12.5. The van der Waals surface area contributed by atoms with Gasteiger partial charge in [-0.25, -0.2) is 0 Å². The molecule has 0 aliphatic rings. The van der Waals surface area contributed by atoms with E-state index in [4.69, 9.17) is 21.7 Å². The molecule has 2 radical (unpaired) electrons. The first-order valence-electron chi connectivity index (χ1n) is 3.49. The fourth-order valence-electron chi connectivity index (χ4n) is 0.143. The molecule has 0 rings (SSSR count). The summed E-state index contributed by atoms with van der Waals surface area (Å²) in [5, 5.41) is 16.0. The van der Waals surface area contributed by atoms with Gasteiger partial charge in [-0.1, -0.05) is 0 Å². The van der Waals surface area contributed by atoms with Gasteiger partial charge in [-0.05, 0) is 0 Å². The Balaban J connectivity index is -0.000000180. The van der Waals surface area contributed by atoms with Gasteiger partial charge in [0, 0.05) is 0 Å². The Labute approximate surface area is 116 Å². The number of carboxylic acids is 2. The summed E-state index contributed by atoms with van der Waals surface area (Å²) < 4.78 is 0. The molecule has 0 saturated heterocycles. The second-order valence-electron chi connectivity index (χ2n) is 2.22. The Hall–Kier alpha value is 0.359. The number of hydrogen-bond donors (Lipinski definition) is 4. The molecule has 9 heteroatoms. The van der Waals surface area contributed by atoms with Crippen molar-refractivity contribution in [3.05, 3.63) is 0 Å². The average molecular weight is 359 g/mol. The molecule has 0 heterocycles. The summed E-state index contributed by atoms with van der Waals surface area (Å²) in [6, 6.07) is -1.73. The molecular formula is C6H12N2O4S2Sn. The van der Waals surface area contributed by atoms with Gasteiger partial charge in [-0.2, -0.15) is 11.5 Å². The predicted octanol–water partition coefficient (Wildman–Crippen LogP) is -2.49. The number of rotatable bonds is 4. The van der Waals surface area contributed by atoms with Crippen LogP contribution >= 0.6 is 0 Å². The van der Waals surface area contributed by atoms with Crippen molar-refractivity contribution in [2.45, 2.75) is 12.1 Å². The number of hydrogen-bond acceptors (Lipinski definition) is 6. The molecule has 6 nitrogen and oxygen atoms in total. The van der Waals surface area contributed by atoms with Crippen molar-refractivity contribution in [3.8, 4) is 0 Å². The van der Waals surface area contributed by atoms with Crippen LogP contribution in [-0.4, -0.2) is 69.6 Å². The van der Waals surface area contributed by atoms with Gasteiger partial charge in [-0.3, -0.25) is 9.59 Å². The van der Waals surface area contributed by atoms with E-state index in [9.17, 15) is 9.59 Å². The molecule has 0 saturated carbocycles. The average Bonchev–Trinajstić information content (AvgIpc) is 2.15. The van der Waals surface area contributed by atoms with Crippen molar-refractivity contribution >= 4 is 61.1 Å². The maximum absolute atomic E-state index is 9.74. The first kappa shape index (κ1) is 20.7. The first-order valence-corrected chi connectivity index (χ1v) is 4.65. The molecule has 2 atom stereocenters. The van der Waals surface area contributed by atoms with Crippen LogP contribution in [0.4, 0.5) is 0 Å². The summed E-state index contributed by atoms with van der Waals surface area (Å²) in [7, 11) is 0. The van der Waals surface area contributed by atoms with Gasteiger partial charge in [0.15, 0.2) is 0 Å². The van der Waals surface area contributed by atoms with E-state index in [2.05, 4.69) is 25.3 Å². The first-order chi connectivity index (χ1) is 6.36. The molecule has 6 N–H and O–H groups in total. The minimum atomic E-state index is -1.03. The van der Waals surface area contributed by atoms with E-state index in [-0.39, 0.29) is 35.4 Å². The molecule has 15 heavy (non-hydrogen) atoms. The third-order valence-corrected chi connectivity index (χ3v) is 1.71. The van der Waals surface area contributed by atoms with Gasteiger partial charge in [0.05, 0.1) is 12.1 Å². The SMILES string of the molecule is NC(C[S-])C(=O)O.NC(C[S-])C(=O)O.[Sn+2]. The molecule has 0 aromatic carbocycles. The third-order valence-electron chi connectivity index (χ3n) is 0.994. The van der Waals surface area contributed by atoms with Crippen LogP contribution in [0.25, 0.3) is 0 Å². The van der Waals surface area contributed by atoms with Gasteiger partial charge in [0.25, 0.3) is 0 Å². The molecule has 0 aliphatic carbocycles. The zero-order chi connectivity index (χ0) is 11.7. The molecular weight excluding hydrogens is 347 g/mol. The fourth-order valence-corrected chi connectivity index (χ4v) is 0.428. The van der Waals surface area contributed by atoms with Crippen molar-refractivity contribution in [3.63, 3.8) is 0 Å². The van der Waals surface area contributed by atoms with Crippen LogP contribution in [0.1, 0.15) is 0 Å². The van der Waals surface area contributed by atoms with Gasteiger partial charge in [0.1, 0.15) is 0 Å². The third kappa shape index (κ3) is 14.4. The smallest absolute Gasteiger partial charge is 0.791 e. The molecule has 0 aromatic rings. The topological polar surface area (TPSA) is 127 Å². The van der Waals surface area contributed by atoms with Crippen molar-refractivity contribution in [2.75, 3.05) is 11.5 Å². The largest absolute Gasteiger partial charge is 2.00 e. The molecule has 0 bridgehead atoms. The standard InChI is InChI=1S/2C3H7NO2S.Sn/c2*4-2(1-7)3(5)6;/h2*2,7H,1,4H2,(H,5,6);/q;;+2/p-2. The molecule has 0 aliphatic heterocycles. The zero-order valence-corrected chi connectivity index (χ0v) is 12.2. The predicted molar refractivity (Wildman–Crippen MR) is 61.4 cm³/mol. The van der Waals surface area contributed by atoms with Crippen LogP contribution in [0, 0.1) is 0 Å². The van der Waals surface area contributed by atoms with Crippen LogP contribution in [0.5, 0.6) is 0 Å². The van der Waals surface area contributed by atoms with Gasteiger partial charge in [0.2, 0.25) is 0 Å². The Morgan fingerprint density at radius 1 is 1.00 bits per heavy atom. The van der Waals surface area contributed by atoms with Crippen LogP contribution in [0.3, 0.4) is 0 Å². The minimum Gasteiger partial charge on any atom is -0.791 e. The van der Waals surface area contributed by atoms with E-state index in [1.54, 1.807) is 0 Å². The van der Waals surface area contributed by atoms with E-state index in [1.165, 1.54) is 0 Å². The zero-order valence-electron chi connectivity index (χ0n) is 7.75. The maximum atomic E-state index is 9.74. The van der Waals surface area contributed by atoms with E-state index in [1.807, 2.05) is 0 Å². The minimum absolute atomic E-state index is 0. The summed E-state index contributed by atoms with van der Waals surface area (Å²) in [5.74, 6) is -1.91. The van der Waals surface area contributed by atoms with Crippen molar-refractivity contribution < 1.29 is 19.8 Å². The quantitative estimate of drug-likeness (QED) is 0.321. The summed E-state index contributed by atoms with van der Waals surface area (Å²) in [5.41, 5.74) is 9.82. The molecule has 0 fully saturated rings. The van der Waals surface area contributed by atoms with E-state index < -0.39 is 24.0 Å². The van der Waals surface area contributed by atoms with Gasteiger partial charge < -0.3 is 46.9 Å².